The van der Waals surface area contributed by atoms with Crippen LogP contribution in [0.3, 0.4) is 0 Å². The van der Waals surface area contributed by atoms with Crippen LogP contribution in [0.1, 0.15) is 30.1 Å². The number of hydrogen-bond donors (Lipinski definition) is 2. The van der Waals surface area contributed by atoms with Gasteiger partial charge in [0.25, 0.3) is 5.91 Å². The van der Waals surface area contributed by atoms with Gasteiger partial charge in [0.15, 0.2) is 0 Å². The molecule has 1 aliphatic rings. The smallest absolute Gasteiger partial charge is 0.257 e. The lowest BCUT2D eigenvalue weighted by Crippen LogP contribution is -2.44. The highest BCUT2D eigenvalue weighted by Crippen LogP contribution is 2.23. The van der Waals surface area contributed by atoms with Crippen LogP contribution in [-0.2, 0) is 0 Å². The van der Waals surface area contributed by atoms with Crippen molar-refractivity contribution in [2.24, 2.45) is 0 Å². The average Bonchev–Trinajstić information content (AvgIpc) is 2.70. The van der Waals surface area contributed by atoms with Crippen LogP contribution in [0.25, 0.3) is 0 Å². The average molecular weight is 427 g/mol. The summed E-state index contributed by atoms with van der Waals surface area (Å²) in [4.78, 5) is 19.2. The first kappa shape index (κ1) is 24.0. The van der Waals surface area contributed by atoms with Crippen molar-refractivity contribution in [3.63, 3.8) is 0 Å². The fourth-order valence-corrected chi connectivity index (χ4v) is 3.16. The van der Waals surface area contributed by atoms with Crippen LogP contribution in [0, 0.1) is 0 Å². The Morgan fingerprint density at radius 1 is 1.18 bits per heavy atom. The van der Waals surface area contributed by atoms with E-state index in [1.54, 1.807) is 12.3 Å². The van der Waals surface area contributed by atoms with Crippen molar-refractivity contribution in [1.82, 2.24) is 15.2 Å². The highest BCUT2D eigenvalue weighted by molar-refractivity contribution is 5.99. The summed E-state index contributed by atoms with van der Waals surface area (Å²) in [6, 6.07) is 11.8. The zero-order chi connectivity index (χ0) is 18.4. The number of rotatable bonds is 6. The second-order valence-electron chi connectivity index (χ2n) is 6.34. The number of pyridine rings is 1. The van der Waals surface area contributed by atoms with Gasteiger partial charge in [0.1, 0.15) is 11.6 Å². The maximum absolute atomic E-state index is 13.0. The second kappa shape index (κ2) is 11.7. The Morgan fingerprint density at radius 2 is 1.86 bits per heavy atom. The number of piperidine rings is 1. The highest BCUT2D eigenvalue weighted by atomic mass is 35.5. The number of ether oxygens (including phenoxy) is 1. The van der Waals surface area contributed by atoms with Gasteiger partial charge >= 0.3 is 0 Å². The normalized spacial score (nSPS) is 13.9. The summed E-state index contributed by atoms with van der Waals surface area (Å²) in [7, 11) is 1.97. The molecule has 28 heavy (non-hydrogen) atoms. The molecule has 1 aliphatic heterocycles. The third-order valence-corrected chi connectivity index (χ3v) is 4.66. The molecule has 0 unspecified atom stereocenters. The van der Waals surface area contributed by atoms with E-state index in [0.717, 1.165) is 37.4 Å². The van der Waals surface area contributed by atoms with E-state index in [4.69, 9.17) is 4.74 Å². The summed E-state index contributed by atoms with van der Waals surface area (Å²) in [6.45, 7) is 4.12. The minimum atomic E-state index is 0. The lowest BCUT2D eigenvalue weighted by Gasteiger charge is -2.32. The fourth-order valence-electron chi connectivity index (χ4n) is 3.16. The highest BCUT2D eigenvalue weighted by Gasteiger charge is 2.24. The summed E-state index contributed by atoms with van der Waals surface area (Å²) in [5, 5.41) is 6.54. The van der Waals surface area contributed by atoms with E-state index in [1.807, 2.05) is 49.2 Å². The molecule has 1 amide bonds. The lowest BCUT2D eigenvalue weighted by atomic mass is 10.0. The number of aromatic nitrogens is 1. The monoisotopic (exact) mass is 426 g/mol. The van der Waals surface area contributed by atoms with Crippen molar-refractivity contribution >= 4 is 42.2 Å². The zero-order valence-electron chi connectivity index (χ0n) is 16.2. The predicted molar refractivity (Wildman–Crippen MR) is 118 cm³/mol. The molecule has 0 aliphatic carbocycles. The molecule has 1 aromatic heterocycles. The molecule has 0 saturated carbocycles. The molecule has 8 heteroatoms. The second-order valence-corrected chi connectivity index (χ2v) is 6.34. The molecule has 1 aromatic carbocycles. The van der Waals surface area contributed by atoms with Crippen molar-refractivity contribution in [1.29, 1.82) is 0 Å². The standard InChI is InChI=1S/C20H26N4O2.2ClH/c1-3-26-17-8-6-16(7-9-17)23-19-18(5-4-12-22-19)20(25)24-13-10-15(21-2)11-14-24;;/h4-9,12,15,21H,3,10-11,13-14H2,1-2H3,(H,22,23);2*1H. The van der Waals surface area contributed by atoms with Crippen LogP contribution in [0.5, 0.6) is 5.75 Å². The maximum atomic E-state index is 13.0. The van der Waals surface area contributed by atoms with Crippen molar-refractivity contribution in [2.45, 2.75) is 25.8 Å². The summed E-state index contributed by atoms with van der Waals surface area (Å²) in [6.07, 6.45) is 3.65. The molecular formula is C20H28Cl2N4O2. The number of hydrogen-bond acceptors (Lipinski definition) is 5. The van der Waals surface area contributed by atoms with Gasteiger partial charge in [-0.05, 0) is 63.2 Å². The van der Waals surface area contributed by atoms with E-state index in [1.165, 1.54) is 0 Å². The first-order chi connectivity index (χ1) is 12.7. The van der Waals surface area contributed by atoms with Gasteiger partial charge in [-0.2, -0.15) is 0 Å². The Labute approximate surface area is 178 Å². The number of benzene rings is 1. The molecule has 0 radical (unpaired) electrons. The van der Waals surface area contributed by atoms with Crippen LogP contribution in [0.4, 0.5) is 11.5 Å². The summed E-state index contributed by atoms with van der Waals surface area (Å²) < 4.78 is 5.46. The van der Waals surface area contributed by atoms with E-state index in [9.17, 15) is 4.79 Å². The number of amides is 1. The van der Waals surface area contributed by atoms with E-state index >= 15 is 0 Å². The number of carbonyl (C=O) groups is 1. The van der Waals surface area contributed by atoms with Crippen LogP contribution in [-0.4, -0.2) is 48.6 Å². The number of carbonyl (C=O) groups excluding carboxylic acids is 1. The molecule has 0 atom stereocenters. The first-order valence-electron chi connectivity index (χ1n) is 9.12. The quantitative estimate of drug-likeness (QED) is 0.732. The van der Waals surface area contributed by atoms with Gasteiger partial charge in [0.2, 0.25) is 0 Å². The summed E-state index contributed by atoms with van der Waals surface area (Å²) in [5.41, 5.74) is 1.47. The van der Waals surface area contributed by atoms with E-state index in [0.29, 0.717) is 24.0 Å². The zero-order valence-corrected chi connectivity index (χ0v) is 17.8. The molecular weight excluding hydrogens is 399 g/mol. The van der Waals surface area contributed by atoms with Crippen molar-refractivity contribution in [3.8, 4) is 5.75 Å². The lowest BCUT2D eigenvalue weighted by molar-refractivity contribution is 0.0708. The van der Waals surface area contributed by atoms with Gasteiger partial charge in [0.05, 0.1) is 12.2 Å². The van der Waals surface area contributed by atoms with E-state index < -0.39 is 0 Å². The predicted octanol–water partition coefficient (Wildman–Crippen LogP) is 3.89. The molecule has 154 valence electrons. The van der Waals surface area contributed by atoms with Crippen molar-refractivity contribution in [3.05, 3.63) is 48.2 Å². The fraction of sp³-hybridized carbons (Fsp3) is 0.400. The summed E-state index contributed by atoms with van der Waals surface area (Å²) in [5.74, 6) is 1.43. The maximum Gasteiger partial charge on any atom is 0.257 e. The van der Waals surface area contributed by atoms with Gasteiger partial charge in [-0.25, -0.2) is 4.98 Å². The Kier molecular flexibility index (Phi) is 10.1. The minimum Gasteiger partial charge on any atom is -0.494 e. The van der Waals surface area contributed by atoms with Gasteiger partial charge in [-0.1, -0.05) is 0 Å². The molecule has 1 fully saturated rings. The molecule has 1 saturated heterocycles. The Hall–Kier alpha value is -2.02. The minimum absolute atomic E-state index is 0. The van der Waals surface area contributed by atoms with Crippen LogP contribution in [0.2, 0.25) is 0 Å². The molecule has 0 bridgehead atoms. The van der Waals surface area contributed by atoms with Gasteiger partial charge in [-0.3, -0.25) is 4.79 Å². The van der Waals surface area contributed by atoms with Crippen molar-refractivity contribution < 1.29 is 9.53 Å². The third-order valence-electron chi connectivity index (χ3n) is 4.66. The topological polar surface area (TPSA) is 66.5 Å². The Balaban J connectivity index is 0.00000196. The molecule has 0 spiro atoms. The van der Waals surface area contributed by atoms with Gasteiger partial charge < -0.3 is 20.3 Å². The molecule has 6 nitrogen and oxygen atoms in total. The van der Waals surface area contributed by atoms with Crippen LogP contribution in [0.15, 0.2) is 42.6 Å². The van der Waals surface area contributed by atoms with Crippen LogP contribution < -0.4 is 15.4 Å². The van der Waals surface area contributed by atoms with Gasteiger partial charge in [-0.15, -0.1) is 24.8 Å². The first-order valence-corrected chi connectivity index (χ1v) is 9.12. The number of nitrogens with one attached hydrogen (secondary N) is 2. The molecule has 2 aromatic rings. The van der Waals surface area contributed by atoms with E-state index in [2.05, 4.69) is 15.6 Å². The molecule has 2 heterocycles. The van der Waals surface area contributed by atoms with Crippen LogP contribution >= 0.6 is 24.8 Å². The largest absolute Gasteiger partial charge is 0.494 e. The number of nitrogens with zero attached hydrogens (tertiary/aromatic N) is 2. The third kappa shape index (κ3) is 5.99. The van der Waals surface area contributed by atoms with E-state index in [-0.39, 0.29) is 30.7 Å². The Bertz CT molecular complexity index is 735. The Morgan fingerprint density at radius 3 is 2.46 bits per heavy atom. The molecule has 3 rings (SSSR count). The number of halogens is 2. The number of anilines is 2. The summed E-state index contributed by atoms with van der Waals surface area (Å²) >= 11 is 0. The molecule has 2 N–H and O–H groups in total. The number of likely N-dealkylation sites (tertiary alicyclic amines) is 1. The SMILES string of the molecule is CCOc1ccc(Nc2ncccc2C(=O)N2CCC(NC)CC2)cc1.Cl.Cl. The van der Waals surface area contributed by atoms with Gasteiger partial charge in [0, 0.05) is 31.0 Å². The van der Waals surface area contributed by atoms with Crippen molar-refractivity contribution in [2.75, 3.05) is 32.1 Å².